The highest BCUT2D eigenvalue weighted by Gasteiger charge is 2.17. The molecule has 0 bridgehead atoms. The molecule has 0 radical (unpaired) electrons. The topological polar surface area (TPSA) is 59.4 Å². The quantitative estimate of drug-likeness (QED) is 0.664. The number of nitriles is 1. The van der Waals surface area contributed by atoms with Crippen molar-refractivity contribution in [1.82, 2.24) is 10.2 Å². The molecule has 5 nitrogen and oxygen atoms in total. The van der Waals surface area contributed by atoms with Gasteiger partial charge in [-0.15, -0.1) is 0 Å². The third kappa shape index (κ3) is 4.26. The second-order valence-electron chi connectivity index (χ2n) is 5.27. The number of carbonyl (C=O) groups is 1. The first-order valence-electron chi connectivity index (χ1n) is 7.68. The van der Waals surface area contributed by atoms with E-state index in [9.17, 15) is 4.79 Å². The van der Waals surface area contributed by atoms with Gasteiger partial charge in [-0.3, -0.25) is 4.79 Å². The number of hydrogen-bond acceptors (Lipinski definition) is 4. The fourth-order valence-corrected chi connectivity index (χ4v) is 2.40. The Labute approximate surface area is 131 Å². The highest BCUT2D eigenvalue weighted by molar-refractivity contribution is 5.97. The molecule has 0 saturated carbocycles. The molecular formula is C17H22N4O. The van der Waals surface area contributed by atoms with Crippen LogP contribution in [-0.2, 0) is 4.79 Å². The van der Waals surface area contributed by atoms with E-state index >= 15 is 0 Å². The summed E-state index contributed by atoms with van der Waals surface area (Å²) in [6.07, 6.45) is 2.55. The van der Waals surface area contributed by atoms with Crippen LogP contribution in [0, 0.1) is 11.3 Å². The van der Waals surface area contributed by atoms with Crippen LogP contribution in [0.15, 0.2) is 42.1 Å². The normalized spacial score (nSPS) is 15.4. The van der Waals surface area contributed by atoms with E-state index in [-0.39, 0.29) is 11.5 Å². The Morgan fingerprint density at radius 1 is 1.27 bits per heavy atom. The molecule has 1 aliphatic rings. The number of para-hydroxylation sites is 1. The van der Waals surface area contributed by atoms with Gasteiger partial charge >= 0.3 is 0 Å². The van der Waals surface area contributed by atoms with Gasteiger partial charge in [-0.2, -0.15) is 5.26 Å². The second-order valence-corrected chi connectivity index (χ2v) is 5.27. The Hall–Kier alpha value is -2.48. The fourth-order valence-electron chi connectivity index (χ4n) is 2.40. The van der Waals surface area contributed by atoms with Gasteiger partial charge in [0, 0.05) is 44.6 Å². The minimum absolute atomic E-state index is 0.182. The molecule has 1 aromatic carbocycles. The summed E-state index contributed by atoms with van der Waals surface area (Å²) in [5, 5.41) is 11.9. The number of nitrogens with zero attached hydrogens (tertiary/aromatic N) is 3. The van der Waals surface area contributed by atoms with Crippen molar-refractivity contribution in [3.8, 4) is 6.07 Å². The Balaban J connectivity index is 1.92. The Kier molecular flexibility index (Phi) is 5.84. The zero-order valence-electron chi connectivity index (χ0n) is 13.0. The lowest BCUT2D eigenvalue weighted by molar-refractivity contribution is -0.117. The molecule has 0 aliphatic carbocycles. The van der Waals surface area contributed by atoms with Crippen molar-refractivity contribution in [2.75, 3.05) is 37.6 Å². The first-order valence-corrected chi connectivity index (χ1v) is 7.68. The van der Waals surface area contributed by atoms with Gasteiger partial charge in [-0.1, -0.05) is 25.1 Å². The average molecular weight is 298 g/mol. The number of rotatable bonds is 5. The number of anilines is 1. The minimum atomic E-state index is -0.283. The van der Waals surface area contributed by atoms with E-state index in [4.69, 9.17) is 5.26 Å². The van der Waals surface area contributed by atoms with E-state index in [2.05, 4.69) is 22.3 Å². The van der Waals surface area contributed by atoms with Crippen LogP contribution in [0.1, 0.15) is 13.3 Å². The molecule has 1 fully saturated rings. The van der Waals surface area contributed by atoms with E-state index in [1.165, 1.54) is 5.69 Å². The number of hydrogen-bond donors (Lipinski definition) is 1. The number of nitrogens with one attached hydrogen (secondary N) is 1. The molecular weight excluding hydrogens is 276 g/mol. The summed E-state index contributed by atoms with van der Waals surface area (Å²) in [5.74, 6) is -0.283. The molecule has 1 heterocycles. The van der Waals surface area contributed by atoms with Crippen LogP contribution >= 0.6 is 0 Å². The number of piperazine rings is 1. The largest absolute Gasteiger partial charge is 0.373 e. The van der Waals surface area contributed by atoms with Gasteiger partial charge < -0.3 is 15.1 Å². The van der Waals surface area contributed by atoms with Gasteiger partial charge in [0.2, 0.25) is 0 Å². The lowest BCUT2D eigenvalue weighted by Crippen LogP contribution is -2.44. The first-order chi connectivity index (χ1) is 10.7. The summed E-state index contributed by atoms with van der Waals surface area (Å²) in [6.45, 7) is 5.96. The highest BCUT2D eigenvalue weighted by Crippen LogP contribution is 2.15. The third-order valence-corrected chi connectivity index (χ3v) is 3.65. The molecule has 1 saturated heterocycles. The molecule has 1 aliphatic heterocycles. The summed E-state index contributed by atoms with van der Waals surface area (Å²) in [5.41, 5.74) is 1.40. The summed E-state index contributed by atoms with van der Waals surface area (Å²) in [7, 11) is 0. The summed E-state index contributed by atoms with van der Waals surface area (Å²) in [4.78, 5) is 16.2. The number of benzene rings is 1. The minimum Gasteiger partial charge on any atom is -0.373 e. The third-order valence-electron chi connectivity index (χ3n) is 3.65. The van der Waals surface area contributed by atoms with Crippen molar-refractivity contribution in [3.63, 3.8) is 0 Å². The standard InChI is InChI=1S/C17H22N4O/c1-2-8-19-17(22)15(13-18)14-20-9-11-21(12-10-20)16-6-4-3-5-7-16/h3-7,14H,2,8-12H2,1H3,(H,19,22)/b15-14-. The van der Waals surface area contributed by atoms with Crippen LogP contribution in [0.4, 0.5) is 5.69 Å². The van der Waals surface area contributed by atoms with Crippen molar-refractivity contribution >= 4 is 11.6 Å². The molecule has 0 unspecified atom stereocenters. The lowest BCUT2D eigenvalue weighted by atomic mass is 10.2. The van der Waals surface area contributed by atoms with Gasteiger partial charge in [-0.05, 0) is 18.6 Å². The zero-order chi connectivity index (χ0) is 15.8. The molecule has 0 aromatic heterocycles. The predicted octanol–water partition coefficient (Wildman–Crippen LogP) is 1.74. The van der Waals surface area contributed by atoms with Crippen molar-refractivity contribution in [3.05, 3.63) is 42.1 Å². The van der Waals surface area contributed by atoms with Crippen molar-refractivity contribution in [2.24, 2.45) is 0 Å². The van der Waals surface area contributed by atoms with Crippen LogP contribution in [0.2, 0.25) is 0 Å². The monoisotopic (exact) mass is 298 g/mol. The molecule has 1 amide bonds. The van der Waals surface area contributed by atoms with Crippen molar-refractivity contribution < 1.29 is 4.79 Å². The molecule has 116 valence electrons. The maximum absolute atomic E-state index is 11.9. The summed E-state index contributed by atoms with van der Waals surface area (Å²) >= 11 is 0. The molecule has 0 atom stereocenters. The van der Waals surface area contributed by atoms with Crippen LogP contribution in [0.3, 0.4) is 0 Å². The van der Waals surface area contributed by atoms with Crippen molar-refractivity contribution in [2.45, 2.75) is 13.3 Å². The van der Waals surface area contributed by atoms with E-state index in [1.54, 1.807) is 6.20 Å². The van der Waals surface area contributed by atoms with Crippen LogP contribution in [-0.4, -0.2) is 43.5 Å². The predicted molar refractivity (Wildman–Crippen MR) is 87.2 cm³/mol. The van der Waals surface area contributed by atoms with Crippen LogP contribution in [0.25, 0.3) is 0 Å². The molecule has 2 rings (SSSR count). The van der Waals surface area contributed by atoms with Crippen molar-refractivity contribution in [1.29, 1.82) is 5.26 Å². The smallest absolute Gasteiger partial charge is 0.263 e. The molecule has 0 spiro atoms. The first kappa shape index (κ1) is 15.9. The van der Waals surface area contributed by atoms with Gasteiger partial charge in [0.1, 0.15) is 11.6 Å². The zero-order valence-corrected chi connectivity index (χ0v) is 13.0. The van der Waals surface area contributed by atoms with Crippen LogP contribution in [0.5, 0.6) is 0 Å². The Bertz CT molecular complexity index is 554. The summed E-state index contributed by atoms with van der Waals surface area (Å²) < 4.78 is 0. The Morgan fingerprint density at radius 2 is 1.95 bits per heavy atom. The van der Waals surface area contributed by atoms with Crippen LogP contribution < -0.4 is 10.2 Å². The van der Waals surface area contributed by atoms with Gasteiger partial charge in [-0.25, -0.2) is 0 Å². The number of carbonyl (C=O) groups excluding carboxylic acids is 1. The van der Waals surface area contributed by atoms with E-state index in [0.717, 1.165) is 32.6 Å². The number of amides is 1. The SMILES string of the molecule is CCCNC(=O)/C(C#N)=C\N1CCN(c2ccccc2)CC1. The highest BCUT2D eigenvalue weighted by atomic mass is 16.1. The molecule has 5 heteroatoms. The second kappa shape index (κ2) is 8.08. The summed E-state index contributed by atoms with van der Waals surface area (Å²) in [6, 6.07) is 12.3. The lowest BCUT2D eigenvalue weighted by Gasteiger charge is -2.35. The molecule has 22 heavy (non-hydrogen) atoms. The molecule has 1 N–H and O–H groups in total. The van der Waals surface area contributed by atoms with Gasteiger partial charge in [0.05, 0.1) is 0 Å². The van der Waals surface area contributed by atoms with E-state index < -0.39 is 0 Å². The Morgan fingerprint density at radius 3 is 2.55 bits per heavy atom. The van der Waals surface area contributed by atoms with Gasteiger partial charge in [0.15, 0.2) is 0 Å². The van der Waals surface area contributed by atoms with Gasteiger partial charge in [0.25, 0.3) is 5.91 Å². The average Bonchev–Trinajstić information content (AvgIpc) is 2.59. The molecule has 1 aromatic rings. The van der Waals surface area contributed by atoms with E-state index in [1.807, 2.05) is 36.1 Å². The maximum Gasteiger partial charge on any atom is 0.263 e. The maximum atomic E-state index is 11.9. The fraction of sp³-hybridized carbons (Fsp3) is 0.412. The van der Waals surface area contributed by atoms with E-state index in [0.29, 0.717) is 6.54 Å².